The zero-order valence-corrected chi connectivity index (χ0v) is 34.4. The third kappa shape index (κ3) is 6.46. The molecule has 0 aliphatic rings. The summed E-state index contributed by atoms with van der Waals surface area (Å²) in [5, 5.41) is 4.79. The lowest BCUT2D eigenvalue weighted by Crippen LogP contribution is -2.10. The topological polar surface area (TPSA) is 21.3 Å². The molecule has 0 aliphatic carbocycles. The van der Waals surface area contributed by atoms with E-state index >= 15 is 0 Å². The molecule has 2 aromatic heterocycles. The number of nitrogens with zero attached hydrogens (tertiary/aromatic N) is 2. The summed E-state index contributed by atoms with van der Waals surface area (Å²) in [6.45, 7) is 0. The highest BCUT2D eigenvalue weighted by molar-refractivity contribution is 6.12. The molecule has 0 fully saturated rings. The van der Waals surface area contributed by atoms with Gasteiger partial charge >= 0.3 is 0 Å². The van der Waals surface area contributed by atoms with Crippen LogP contribution in [0.1, 0.15) is 0 Å². The van der Waals surface area contributed by atoms with Crippen molar-refractivity contribution in [3.8, 4) is 50.2 Å². The molecule has 63 heavy (non-hydrogen) atoms. The van der Waals surface area contributed by atoms with Gasteiger partial charge in [-0.05, 0) is 111 Å². The fourth-order valence-corrected chi connectivity index (χ4v) is 9.39. The molecule has 0 bridgehead atoms. The van der Waals surface area contributed by atoms with E-state index in [4.69, 9.17) is 4.42 Å². The van der Waals surface area contributed by atoms with Gasteiger partial charge in [0.25, 0.3) is 0 Å². The van der Waals surface area contributed by atoms with Crippen molar-refractivity contribution in [2.75, 3.05) is 4.90 Å². The van der Waals surface area contributed by atoms with Crippen molar-refractivity contribution >= 4 is 60.8 Å². The third-order valence-electron chi connectivity index (χ3n) is 12.4. The van der Waals surface area contributed by atoms with Gasteiger partial charge in [-0.25, -0.2) is 0 Å². The molecule has 2 heterocycles. The Bertz CT molecular complexity index is 3550. The van der Waals surface area contributed by atoms with Crippen molar-refractivity contribution in [2.45, 2.75) is 0 Å². The lowest BCUT2D eigenvalue weighted by Gasteiger charge is -2.27. The second-order valence-corrected chi connectivity index (χ2v) is 16.1. The van der Waals surface area contributed by atoms with Crippen LogP contribution >= 0.6 is 0 Å². The smallest absolute Gasteiger partial charge is 0.136 e. The second-order valence-electron chi connectivity index (χ2n) is 16.1. The summed E-state index contributed by atoms with van der Waals surface area (Å²) in [4.78, 5) is 2.38. The van der Waals surface area contributed by atoms with E-state index in [0.29, 0.717) is 0 Å². The Morgan fingerprint density at radius 3 is 1.46 bits per heavy atom. The highest BCUT2D eigenvalue weighted by atomic mass is 16.3. The van der Waals surface area contributed by atoms with E-state index in [0.717, 1.165) is 66.9 Å². The van der Waals surface area contributed by atoms with Gasteiger partial charge in [-0.3, -0.25) is 0 Å². The van der Waals surface area contributed by atoms with E-state index < -0.39 is 0 Å². The molecule has 3 heteroatoms. The molecular formula is C60H40N2O. The van der Waals surface area contributed by atoms with Crippen molar-refractivity contribution in [3.63, 3.8) is 0 Å². The van der Waals surface area contributed by atoms with Crippen LogP contribution in [0, 0.1) is 0 Å². The van der Waals surface area contributed by atoms with E-state index in [1.165, 1.54) is 44.1 Å². The molecule has 296 valence electrons. The van der Waals surface area contributed by atoms with Crippen molar-refractivity contribution < 1.29 is 4.42 Å². The number of anilines is 3. The van der Waals surface area contributed by atoms with Crippen LogP contribution in [0.4, 0.5) is 17.1 Å². The Morgan fingerprint density at radius 1 is 0.302 bits per heavy atom. The normalized spacial score (nSPS) is 11.5. The summed E-state index contributed by atoms with van der Waals surface area (Å²) in [5.74, 6) is 0. The molecule has 0 unspecified atom stereocenters. The number of rotatable bonds is 8. The highest BCUT2D eigenvalue weighted by Crippen LogP contribution is 2.41. The monoisotopic (exact) mass is 804 g/mol. The number of hydrogen-bond donors (Lipinski definition) is 0. The predicted octanol–water partition coefficient (Wildman–Crippen LogP) is 16.8. The molecule has 0 saturated heterocycles. The molecule has 0 amide bonds. The summed E-state index contributed by atoms with van der Waals surface area (Å²) < 4.78 is 8.59. The Hall–Kier alpha value is -8.40. The standard InChI is InChI=1S/C60H40N2O/c1-2-13-41(14-3-1)42-27-29-45(30-28-42)47-15-10-16-49(39-47)61(50-17-11-18-51(40-50)62-56-23-7-4-19-53(56)54-20-5-8-24-57(54)62)48-37-35-44(36-38-48)43-31-33-46(34-32-43)52-22-12-26-59-60(52)55-21-6-9-25-58(55)63-59/h1-40H. The Labute approximate surface area is 366 Å². The van der Waals surface area contributed by atoms with E-state index in [2.05, 4.69) is 240 Å². The Kier molecular flexibility index (Phi) is 8.83. The second kappa shape index (κ2) is 15.3. The van der Waals surface area contributed by atoms with Gasteiger partial charge in [0.05, 0.1) is 11.0 Å². The molecule has 0 spiro atoms. The van der Waals surface area contributed by atoms with Crippen LogP contribution < -0.4 is 4.90 Å². The van der Waals surface area contributed by atoms with Gasteiger partial charge in [0.1, 0.15) is 11.2 Å². The zero-order valence-electron chi connectivity index (χ0n) is 34.4. The maximum Gasteiger partial charge on any atom is 0.136 e. The fraction of sp³-hybridized carbons (Fsp3) is 0. The number of fused-ring (bicyclic) bond motifs is 6. The number of benzene rings is 10. The van der Waals surface area contributed by atoms with Crippen LogP contribution in [0.15, 0.2) is 247 Å². The van der Waals surface area contributed by atoms with Gasteiger partial charge in [-0.1, -0.05) is 176 Å². The van der Waals surface area contributed by atoms with Crippen molar-refractivity contribution in [1.29, 1.82) is 0 Å². The van der Waals surface area contributed by atoms with Gasteiger partial charge in [0.15, 0.2) is 0 Å². The van der Waals surface area contributed by atoms with Gasteiger partial charge in [0.2, 0.25) is 0 Å². The fourth-order valence-electron chi connectivity index (χ4n) is 9.39. The molecule has 0 radical (unpaired) electrons. The maximum atomic E-state index is 6.20. The predicted molar refractivity (Wildman–Crippen MR) is 264 cm³/mol. The maximum absolute atomic E-state index is 6.20. The van der Waals surface area contributed by atoms with Gasteiger partial charge in [-0.2, -0.15) is 0 Å². The zero-order chi connectivity index (χ0) is 41.7. The van der Waals surface area contributed by atoms with Crippen molar-refractivity contribution in [2.24, 2.45) is 0 Å². The van der Waals surface area contributed by atoms with E-state index in [1.807, 2.05) is 12.1 Å². The molecular weight excluding hydrogens is 765 g/mol. The number of hydrogen-bond acceptors (Lipinski definition) is 2. The number of para-hydroxylation sites is 3. The van der Waals surface area contributed by atoms with Crippen molar-refractivity contribution in [3.05, 3.63) is 243 Å². The largest absolute Gasteiger partial charge is 0.456 e. The summed E-state index contributed by atoms with van der Waals surface area (Å²) >= 11 is 0. The SMILES string of the molecule is c1ccc(-c2ccc(-c3cccc(N(c4ccc(-c5ccc(-c6cccc7oc8ccccc8c67)cc5)cc4)c4cccc(-n5c6ccccc6c6ccccc65)c4)c3)cc2)cc1. The Balaban J connectivity index is 0.936. The third-order valence-corrected chi connectivity index (χ3v) is 12.4. The molecule has 0 saturated carbocycles. The molecule has 12 aromatic rings. The summed E-state index contributed by atoms with van der Waals surface area (Å²) in [6, 6.07) is 87.1. The average Bonchev–Trinajstić information content (AvgIpc) is 3.91. The summed E-state index contributed by atoms with van der Waals surface area (Å²) in [7, 11) is 0. The van der Waals surface area contributed by atoms with E-state index in [-0.39, 0.29) is 0 Å². The van der Waals surface area contributed by atoms with Crippen LogP contribution in [-0.2, 0) is 0 Å². The molecule has 3 nitrogen and oxygen atoms in total. The summed E-state index contributed by atoms with van der Waals surface area (Å²) in [6.07, 6.45) is 0. The molecule has 0 aliphatic heterocycles. The van der Waals surface area contributed by atoms with Crippen LogP contribution in [0.25, 0.3) is 93.9 Å². The van der Waals surface area contributed by atoms with Gasteiger partial charge < -0.3 is 13.9 Å². The first-order valence-corrected chi connectivity index (χ1v) is 21.5. The first-order chi connectivity index (χ1) is 31.2. The Morgan fingerprint density at radius 2 is 0.778 bits per heavy atom. The first kappa shape index (κ1) is 36.5. The molecule has 0 N–H and O–H groups in total. The first-order valence-electron chi connectivity index (χ1n) is 21.5. The minimum Gasteiger partial charge on any atom is -0.456 e. The van der Waals surface area contributed by atoms with Gasteiger partial charge in [-0.15, -0.1) is 0 Å². The molecule has 12 rings (SSSR count). The van der Waals surface area contributed by atoms with Crippen LogP contribution in [0.5, 0.6) is 0 Å². The number of aromatic nitrogens is 1. The average molecular weight is 805 g/mol. The van der Waals surface area contributed by atoms with E-state index in [1.54, 1.807) is 0 Å². The van der Waals surface area contributed by atoms with Crippen LogP contribution in [0.2, 0.25) is 0 Å². The molecule has 10 aromatic carbocycles. The minimum atomic E-state index is 0.907. The van der Waals surface area contributed by atoms with Gasteiger partial charge in [0, 0.05) is 44.3 Å². The quantitative estimate of drug-likeness (QED) is 0.153. The summed E-state index contributed by atoms with van der Waals surface area (Å²) in [5.41, 5.74) is 17.9. The highest BCUT2D eigenvalue weighted by Gasteiger charge is 2.18. The minimum absolute atomic E-state index is 0.907. The lowest BCUT2D eigenvalue weighted by atomic mass is 9.97. The van der Waals surface area contributed by atoms with E-state index in [9.17, 15) is 0 Å². The van der Waals surface area contributed by atoms with Crippen molar-refractivity contribution in [1.82, 2.24) is 4.57 Å². The van der Waals surface area contributed by atoms with Crippen LogP contribution in [0.3, 0.4) is 0 Å². The number of furan rings is 1. The lowest BCUT2D eigenvalue weighted by molar-refractivity contribution is 0.669. The van der Waals surface area contributed by atoms with Crippen LogP contribution in [-0.4, -0.2) is 4.57 Å². The molecule has 0 atom stereocenters.